The Morgan fingerprint density at radius 2 is 2.05 bits per heavy atom. The minimum Gasteiger partial charge on any atom is -0.361 e. The summed E-state index contributed by atoms with van der Waals surface area (Å²) in [6.45, 7) is 7.65. The minimum atomic E-state index is -1.14. The Hall–Kier alpha value is -1.70. The van der Waals surface area contributed by atoms with Gasteiger partial charge in [0.05, 0.1) is 10.9 Å². The zero-order valence-electron chi connectivity index (χ0n) is 12.7. The van der Waals surface area contributed by atoms with E-state index in [9.17, 15) is 4.79 Å². The predicted molar refractivity (Wildman–Crippen MR) is 87.9 cm³/mol. The summed E-state index contributed by atoms with van der Waals surface area (Å²) in [4.78, 5) is 16.8. The molecule has 2 rings (SSSR count). The van der Waals surface area contributed by atoms with Gasteiger partial charge in [-0.05, 0) is 18.2 Å². The molecule has 1 aromatic carbocycles. The summed E-state index contributed by atoms with van der Waals surface area (Å²) in [6, 6.07) is 8.24. The van der Waals surface area contributed by atoms with E-state index in [0.717, 1.165) is 6.04 Å². The average molecular weight is 306 g/mol. The lowest BCUT2D eigenvalue weighted by atomic mass is 10.2. The highest BCUT2D eigenvalue weighted by atomic mass is 28.3. The molecule has 0 saturated heterocycles. The Balaban J connectivity index is 2.22. The second-order valence-corrected chi connectivity index (χ2v) is 11.8. The number of anilines is 1. The summed E-state index contributed by atoms with van der Waals surface area (Å²) < 4.78 is 7.05. The van der Waals surface area contributed by atoms with Crippen LogP contribution in [0.15, 0.2) is 29.1 Å². The van der Waals surface area contributed by atoms with Gasteiger partial charge in [0.2, 0.25) is 5.95 Å². The molecule has 1 heterocycles. The second kappa shape index (κ2) is 6.38. The standard InChI is InChI=1S/C14H22N4O2Si/c1-21(2,3)9-8-20-10-18-13(19)11-6-4-5-7-12(11)16-14(18)17-15/h4-7H,8-10,15H2,1-3H3,(H,16,17). The number of benzene rings is 1. The third-order valence-electron chi connectivity index (χ3n) is 3.21. The molecule has 7 heteroatoms. The van der Waals surface area contributed by atoms with E-state index in [1.807, 2.05) is 12.1 Å². The van der Waals surface area contributed by atoms with E-state index < -0.39 is 8.07 Å². The smallest absolute Gasteiger partial charge is 0.264 e. The van der Waals surface area contributed by atoms with Gasteiger partial charge < -0.3 is 4.74 Å². The van der Waals surface area contributed by atoms with Gasteiger partial charge in [0.25, 0.3) is 5.56 Å². The van der Waals surface area contributed by atoms with Crippen molar-refractivity contribution in [3.05, 3.63) is 34.6 Å². The molecular weight excluding hydrogens is 284 g/mol. The number of nitrogens with zero attached hydrogens (tertiary/aromatic N) is 2. The number of hydrogen-bond acceptors (Lipinski definition) is 5. The van der Waals surface area contributed by atoms with Crippen molar-refractivity contribution in [2.75, 3.05) is 12.0 Å². The highest BCUT2D eigenvalue weighted by Gasteiger charge is 2.13. The number of rotatable bonds is 6. The normalized spacial score (nSPS) is 11.8. The van der Waals surface area contributed by atoms with Crippen LogP contribution in [0, 0.1) is 0 Å². The monoisotopic (exact) mass is 306 g/mol. The molecule has 3 N–H and O–H groups in total. The molecule has 0 bridgehead atoms. The molecule has 0 aliphatic rings. The largest absolute Gasteiger partial charge is 0.361 e. The zero-order valence-corrected chi connectivity index (χ0v) is 13.7. The molecule has 0 fully saturated rings. The van der Waals surface area contributed by atoms with Crippen molar-refractivity contribution < 1.29 is 4.74 Å². The first-order chi connectivity index (χ1) is 9.92. The minimum absolute atomic E-state index is 0.151. The van der Waals surface area contributed by atoms with Crippen LogP contribution in [0.1, 0.15) is 0 Å². The number of nitrogens with one attached hydrogen (secondary N) is 1. The molecule has 0 spiro atoms. The van der Waals surface area contributed by atoms with Crippen LogP contribution in [-0.4, -0.2) is 24.2 Å². The summed E-state index contributed by atoms with van der Waals surface area (Å²) in [5.41, 5.74) is 2.93. The van der Waals surface area contributed by atoms with Gasteiger partial charge in [-0.15, -0.1) is 0 Å². The molecule has 0 aliphatic carbocycles. The third-order valence-corrected chi connectivity index (χ3v) is 4.91. The molecule has 21 heavy (non-hydrogen) atoms. The van der Waals surface area contributed by atoms with E-state index in [1.165, 1.54) is 4.57 Å². The van der Waals surface area contributed by atoms with Crippen LogP contribution in [0.3, 0.4) is 0 Å². The molecule has 0 unspecified atom stereocenters. The average Bonchev–Trinajstić information content (AvgIpc) is 2.44. The zero-order chi connectivity index (χ0) is 15.5. The molecule has 0 aliphatic heterocycles. The van der Waals surface area contributed by atoms with Crippen molar-refractivity contribution in [3.8, 4) is 0 Å². The number of hydrazine groups is 1. The fourth-order valence-corrected chi connectivity index (χ4v) is 2.69. The first kappa shape index (κ1) is 15.7. The molecule has 114 valence electrons. The van der Waals surface area contributed by atoms with Crippen molar-refractivity contribution >= 4 is 24.9 Å². The number of hydrogen-bond donors (Lipinski definition) is 2. The van der Waals surface area contributed by atoms with E-state index in [-0.39, 0.29) is 12.3 Å². The maximum absolute atomic E-state index is 12.5. The van der Waals surface area contributed by atoms with Crippen molar-refractivity contribution in [1.82, 2.24) is 9.55 Å². The third kappa shape index (κ3) is 3.90. The topological polar surface area (TPSA) is 82.2 Å². The molecule has 2 aromatic rings. The van der Waals surface area contributed by atoms with Gasteiger partial charge >= 0.3 is 0 Å². The van der Waals surface area contributed by atoms with Crippen molar-refractivity contribution in [2.24, 2.45) is 5.84 Å². The molecule has 0 atom stereocenters. The SMILES string of the molecule is C[Si](C)(C)CCOCn1c(NN)nc2ccccc2c1=O. The predicted octanol–water partition coefficient (Wildman–Crippen LogP) is 1.99. The van der Waals surface area contributed by atoms with Crippen LogP contribution in [0.5, 0.6) is 0 Å². The lowest BCUT2D eigenvalue weighted by Crippen LogP contribution is -2.29. The van der Waals surface area contributed by atoms with E-state index >= 15 is 0 Å². The molecular formula is C14H22N4O2Si. The van der Waals surface area contributed by atoms with Crippen LogP contribution in [-0.2, 0) is 11.5 Å². The highest BCUT2D eigenvalue weighted by molar-refractivity contribution is 6.76. The van der Waals surface area contributed by atoms with Gasteiger partial charge in [0.15, 0.2) is 0 Å². The number of nitrogen functional groups attached to an aromatic ring is 1. The Labute approximate surface area is 124 Å². The maximum atomic E-state index is 12.5. The molecule has 6 nitrogen and oxygen atoms in total. The number of nitrogens with two attached hydrogens (primary N) is 1. The van der Waals surface area contributed by atoms with Crippen molar-refractivity contribution in [1.29, 1.82) is 0 Å². The van der Waals surface area contributed by atoms with Crippen molar-refractivity contribution in [2.45, 2.75) is 32.4 Å². The maximum Gasteiger partial charge on any atom is 0.264 e. The van der Waals surface area contributed by atoms with Crippen LogP contribution in [0.4, 0.5) is 5.95 Å². The Morgan fingerprint density at radius 1 is 1.33 bits per heavy atom. The lowest BCUT2D eigenvalue weighted by Gasteiger charge is -2.17. The van der Waals surface area contributed by atoms with E-state index in [1.54, 1.807) is 12.1 Å². The van der Waals surface area contributed by atoms with E-state index in [4.69, 9.17) is 10.6 Å². The fraction of sp³-hybridized carbons (Fsp3) is 0.429. The Morgan fingerprint density at radius 3 is 2.71 bits per heavy atom. The number of aromatic nitrogens is 2. The Bertz CT molecular complexity index is 679. The van der Waals surface area contributed by atoms with Crippen LogP contribution < -0.4 is 16.8 Å². The van der Waals surface area contributed by atoms with Gasteiger partial charge in [-0.2, -0.15) is 0 Å². The number of ether oxygens (including phenoxy) is 1. The van der Waals surface area contributed by atoms with Crippen LogP contribution >= 0.6 is 0 Å². The van der Waals surface area contributed by atoms with Gasteiger partial charge in [0.1, 0.15) is 6.73 Å². The Kier molecular flexibility index (Phi) is 4.76. The molecule has 0 amide bonds. The molecule has 1 aromatic heterocycles. The summed E-state index contributed by atoms with van der Waals surface area (Å²) in [5.74, 6) is 5.77. The lowest BCUT2D eigenvalue weighted by molar-refractivity contribution is 0.0859. The second-order valence-electron chi connectivity index (χ2n) is 6.18. The van der Waals surface area contributed by atoms with Gasteiger partial charge in [-0.25, -0.2) is 10.8 Å². The summed E-state index contributed by atoms with van der Waals surface area (Å²) >= 11 is 0. The number of para-hydroxylation sites is 1. The van der Waals surface area contributed by atoms with Crippen LogP contribution in [0.25, 0.3) is 10.9 Å². The summed E-state index contributed by atoms with van der Waals surface area (Å²) in [7, 11) is -1.14. The summed E-state index contributed by atoms with van der Waals surface area (Å²) in [5, 5.41) is 0.560. The van der Waals surface area contributed by atoms with Crippen molar-refractivity contribution in [3.63, 3.8) is 0 Å². The van der Waals surface area contributed by atoms with E-state index in [0.29, 0.717) is 23.5 Å². The number of fused-ring (bicyclic) bond motifs is 1. The molecule has 0 radical (unpaired) electrons. The van der Waals surface area contributed by atoms with Gasteiger partial charge in [-0.3, -0.25) is 14.8 Å². The van der Waals surface area contributed by atoms with Gasteiger partial charge in [-0.1, -0.05) is 31.8 Å². The first-order valence-electron chi connectivity index (χ1n) is 6.96. The first-order valence-corrected chi connectivity index (χ1v) is 10.7. The highest BCUT2D eigenvalue weighted by Crippen LogP contribution is 2.11. The summed E-state index contributed by atoms with van der Waals surface area (Å²) in [6.07, 6.45) is 0. The molecule has 0 saturated carbocycles. The quantitative estimate of drug-likeness (QED) is 0.369. The van der Waals surface area contributed by atoms with Crippen LogP contribution in [0.2, 0.25) is 25.7 Å². The fourth-order valence-electron chi connectivity index (χ4n) is 1.93. The van der Waals surface area contributed by atoms with E-state index in [2.05, 4.69) is 30.1 Å². The van der Waals surface area contributed by atoms with Gasteiger partial charge in [0, 0.05) is 14.7 Å².